The second kappa shape index (κ2) is 6.96. The Morgan fingerprint density at radius 1 is 1.18 bits per heavy atom. The van der Waals surface area contributed by atoms with Crippen molar-refractivity contribution in [2.24, 2.45) is 11.1 Å². The van der Waals surface area contributed by atoms with E-state index in [-0.39, 0.29) is 11.3 Å². The summed E-state index contributed by atoms with van der Waals surface area (Å²) in [6, 6.07) is 8.17. The molecule has 1 fully saturated rings. The lowest BCUT2D eigenvalue weighted by Crippen LogP contribution is -2.26. The highest BCUT2D eigenvalue weighted by Gasteiger charge is 2.66. The van der Waals surface area contributed by atoms with E-state index in [1.54, 1.807) is 0 Å². The third-order valence-electron chi connectivity index (χ3n) is 5.36. The molecule has 1 heterocycles. The zero-order valence-corrected chi connectivity index (χ0v) is 20.6. The Bertz CT molecular complexity index is 958. The van der Waals surface area contributed by atoms with Crippen LogP contribution in [0.2, 0.25) is 0 Å². The molecule has 1 aliphatic rings. The molecule has 0 aliphatic heterocycles. The van der Waals surface area contributed by atoms with Crippen LogP contribution in [0.1, 0.15) is 54.9 Å². The first-order chi connectivity index (χ1) is 12.8. The number of carbonyl (C=O) groups excluding carboxylic acids is 2. The summed E-state index contributed by atoms with van der Waals surface area (Å²) in [5.74, 6) is -0.681. The molecule has 2 aromatic rings. The molecule has 0 bridgehead atoms. The fourth-order valence-electron chi connectivity index (χ4n) is 3.24. The van der Waals surface area contributed by atoms with Gasteiger partial charge in [0.25, 0.3) is 5.91 Å². The summed E-state index contributed by atoms with van der Waals surface area (Å²) in [7, 11) is 0. The number of primary amides is 1. The number of thiophene rings is 1. The van der Waals surface area contributed by atoms with Crippen LogP contribution in [0, 0.1) is 12.3 Å². The maximum Gasteiger partial charge on any atom is 0.252 e. The van der Waals surface area contributed by atoms with Gasteiger partial charge in [0.2, 0.25) is 5.91 Å². The first kappa shape index (κ1) is 21.5. The molecule has 0 saturated heterocycles. The van der Waals surface area contributed by atoms with Crippen LogP contribution < -0.4 is 11.1 Å². The number of alkyl halides is 2. The maximum absolute atomic E-state index is 12.8. The number of halogens is 2. The largest absolute Gasteiger partial charge is 0.365 e. The molecule has 1 aliphatic carbocycles. The summed E-state index contributed by atoms with van der Waals surface area (Å²) in [5.41, 5.74) is 8.49. The lowest BCUT2D eigenvalue weighted by molar-refractivity contribution is -0.120. The monoisotopic (exact) mass is 526 g/mol. The predicted octanol–water partition coefficient (Wildman–Crippen LogP) is 5.95. The van der Waals surface area contributed by atoms with Crippen molar-refractivity contribution in [2.45, 2.75) is 49.7 Å². The fraction of sp³-hybridized carbons (Fsp3) is 0.429. The highest BCUT2D eigenvalue weighted by atomic mass is 79.9. The molecule has 3 rings (SSSR count). The molecule has 1 aromatic carbocycles. The van der Waals surface area contributed by atoms with Crippen molar-refractivity contribution < 1.29 is 9.59 Å². The highest BCUT2D eigenvalue weighted by Crippen LogP contribution is 2.66. The SMILES string of the molecule is Cc1sc(NC(=O)[C@@]2(C)CC2(Br)Br)c(C(N)=O)c1-c1ccc(C(C)(C)C)cc1. The summed E-state index contributed by atoms with van der Waals surface area (Å²) >= 11 is 8.42. The topological polar surface area (TPSA) is 72.2 Å². The van der Waals surface area contributed by atoms with Gasteiger partial charge in [-0.2, -0.15) is 0 Å². The minimum Gasteiger partial charge on any atom is -0.365 e. The van der Waals surface area contributed by atoms with Crippen LogP contribution in [0.25, 0.3) is 11.1 Å². The maximum atomic E-state index is 12.8. The molecule has 1 saturated carbocycles. The average Bonchev–Trinajstić information content (AvgIpc) is 2.93. The number of hydrogen-bond donors (Lipinski definition) is 2. The van der Waals surface area contributed by atoms with Crippen molar-refractivity contribution in [3.8, 4) is 11.1 Å². The Labute approximate surface area is 186 Å². The van der Waals surface area contributed by atoms with Gasteiger partial charge >= 0.3 is 0 Å². The van der Waals surface area contributed by atoms with E-state index in [1.807, 2.05) is 26.0 Å². The standard InChI is InChI=1S/C21H24Br2N2O2S/c1-11-14(12-6-8-13(9-7-12)19(2,3)4)15(16(24)26)17(28-11)25-18(27)20(5)10-21(20,22)23/h6-9H,10H2,1-5H3,(H2,24,26)(H,25,27)/t20-/m1/s1. The van der Waals surface area contributed by atoms with E-state index in [4.69, 9.17) is 5.73 Å². The van der Waals surface area contributed by atoms with Crippen molar-refractivity contribution in [3.63, 3.8) is 0 Å². The summed E-state index contributed by atoms with van der Waals surface area (Å²) < 4.78 is -0.401. The van der Waals surface area contributed by atoms with Gasteiger partial charge in [-0.3, -0.25) is 9.59 Å². The van der Waals surface area contributed by atoms with Gasteiger partial charge in [0.05, 0.1) is 14.2 Å². The number of nitrogens with two attached hydrogens (primary N) is 1. The second-order valence-corrected chi connectivity index (χ2v) is 13.6. The van der Waals surface area contributed by atoms with Gasteiger partial charge in [0, 0.05) is 10.4 Å². The number of amides is 2. The lowest BCUT2D eigenvalue weighted by atomic mass is 9.86. The van der Waals surface area contributed by atoms with E-state index < -0.39 is 14.6 Å². The van der Waals surface area contributed by atoms with Crippen LogP contribution >= 0.6 is 43.2 Å². The van der Waals surface area contributed by atoms with Crippen LogP contribution in [0.5, 0.6) is 0 Å². The van der Waals surface area contributed by atoms with Crippen molar-refractivity contribution in [1.29, 1.82) is 0 Å². The third kappa shape index (κ3) is 3.68. The molecule has 0 spiro atoms. The molecule has 1 atom stereocenters. The molecule has 0 unspecified atom stereocenters. The lowest BCUT2D eigenvalue weighted by Gasteiger charge is -2.19. The van der Waals surface area contributed by atoms with Crippen molar-refractivity contribution in [3.05, 3.63) is 40.3 Å². The van der Waals surface area contributed by atoms with Crippen molar-refractivity contribution in [1.82, 2.24) is 0 Å². The van der Waals surface area contributed by atoms with E-state index in [0.717, 1.165) is 16.0 Å². The third-order valence-corrected chi connectivity index (χ3v) is 8.69. The normalized spacial score (nSPS) is 20.7. The highest BCUT2D eigenvalue weighted by molar-refractivity contribution is 9.25. The number of carbonyl (C=O) groups is 2. The van der Waals surface area contributed by atoms with Gasteiger partial charge in [-0.05, 0) is 36.8 Å². The first-order valence-corrected chi connectivity index (χ1v) is 11.4. The summed E-state index contributed by atoms with van der Waals surface area (Å²) in [5, 5.41) is 3.44. The summed E-state index contributed by atoms with van der Waals surface area (Å²) in [4.78, 5) is 26.0. The Morgan fingerprint density at radius 3 is 2.14 bits per heavy atom. The predicted molar refractivity (Wildman–Crippen MR) is 124 cm³/mol. The van der Waals surface area contributed by atoms with Crippen LogP contribution in [0.15, 0.2) is 24.3 Å². The van der Waals surface area contributed by atoms with E-state index >= 15 is 0 Å². The first-order valence-electron chi connectivity index (χ1n) is 9.01. The molecule has 150 valence electrons. The van der Waals surface area contributed by atoms with Crippen LogP contribution in [-0.4, -0.2) is 15.0 Å². The van der Waals surface area contributed by atoms with Gasteiger partial charge in [0.15, 0.2) is 0 Å². The van der Waals surface area contributed by atoms with Crippen LogP contribution in [0.3, 0.4) is 0 Å². The van der Waals surface area contributed by atoms with Gasteiger partial charge in [-0.25, -0.2) is 0 Å². The number of rotatable bonds is 4. The number of nitrogens with one attached hydrogen (secondary N) is 1. The summed E-state index contributed by atoms with van der Waals surface area (Å²) in [6.45, 7) is 10.3. The number of anilines is 1. The number of hydrogen-bond acceptors (Lipinski definition) is 3. The van der Waals surface area contributed by atoms with Crippen LogP contribution in [-0.2, 0) is 10.2 Å². The fourth-order valence-corrected chi connectivity index (χ4v) is 5.80. The van der Waals surface area contributed by atoms with Gasteiger partial charge in [-0.1, -0.05) is 76.9 Å². The molecular formula is C21H24Br2N2O2S. The zero-order valence-electron chi connectivity index (χ0n) is 16.6. The van der Waals surface area contributed by atoms with E-state index in [2.05, 4.69) is 70.1 Å². The molecule has 0 radical (unpaired) electrons. The summed E-state index contributed by atoms with van der Waals surface area (Å²) in [6.07, 6.45) is 0.670. The minimum atomic E-state index is -0.575. The minimum absolute atomic E-state index is 0.0471. The van der Waals surface area contributed by atoms with E-state index in [0.29, 0.717) is 17.0 Å². The Morgan fingerprint density at radius 2 is 1.71 bits per heavy atom. The number of aryl methyl sites for hydroxylation is 1. The zero-order chi connectivity index (χ0) is 21.1. The molecule has 7 heteroatoms. The van der Waals surface area contributed by atoms with Gasteiger partial charge in [0.1, 0.15) is 5.00 Å². The van der Waals surface area contributed by atoms with E-state index in [9.17, 15) is 9.59 Å². The quantitative estimate of drug-likeness (QED) is 0.482. The molecule has 2 amide bonds. The molecule has 3 N–H and O–H groups in total. The molecule has 4 nitrogen and oxygen atoms in total. The van der Waals surface area contributed by atoms with Crippen molar-refractivity contribution in [2.75, 3.05) is 5.32 Å². The second-order valence-electron chi connectivity index (χ2n) is 8.60. The molecule has 1 aromatic heterocycles. The molecular weight excluding hydrogens is 504 g/mol. The Kier molecular flexibility index (Phi) is 5.35. The van der Waals surface area contributed by atoms with Gasteiger partial charge < -0.3 is 11.1 Å². The molecule has 28 heavy (non-hydrogen) atoms. The smallest absolute Gasteiger partial charge is 0.252 e. The van der Waals surface area contributed by atoms with Crippen LogP contribution in [0.4, 0.5) is 5.00 Å². The van der Waals surface area contributed by atoms with E-state index in [1.165, 1.54) is 16.9 Å². The van der Waals surface area contributed by atoms with Gasteiger partial charge in [-0.15, -0.1) is 11.3 Å². The average molecular weight is 528 g/mol. The number of benzene rings is 1. The Hall–Kier alpha value is -1.18. The van der Waals surface area contributed by atoms with Crippen molar-refractivity contribution >= 4 is 60.0 Å². The Balaban J connectivity index is 2.00.